The van der Waals surface area contributed by atoms with Crippen LogP contribution < -0.4 is 0 Å². The third-order valence-corrected chi connectivity index (χ3v) is 1.84. The van der Waals surface area contributed by atoms with E-state index in [1.807, 2.05) is 0 Å². The Morgan fingerprint density at radius 2 is 2.00 bits per heavy atom. The number of aliphatic hydroxyl groups is 1. The molecule has 0 aliphatic carbocycles. The van der Waals surface area contributed by atoms with Crippen LogP contribution in [0.2, 0.25) is 0 Å². The van der Waals surface area contributed by atoms with Gasteiger partial charge in [0.2, 0.25) is 0 Å². The molecular formula is C3H7ClO4S. The molecular weight excluding hydrogens is 168 g/mol. The molecule has 0 aromatic carbocycles. The molecule has 0 aliphatic rings. The highest BCUT2D eigenvalue weighted by molar-refractivity contribution is 7.86. The Hall–Kier alpha value is 0.160. The molecule has 0 spiro atoms. The molecule has 4 nitrogen and oxygen atoms in total. The quantitative estimate of drug-likeness (QED) is 0.460. The number of rotatable bonds is 3. The first kappa shape index (κ1) is 9.16. The summed E-state index contributed by atoms with van der Waals surface area (Å²) in [5.41, 5.74) is -1.74. The van der Waals surface area contributed by atoms with E-state index >= 15 is 0 Å². The van der Waals surface area contributed by atoms with E-state index in [-0.39, 0.29) is 12.3 Å². The topological polar surface area (TPSA) is 74.6 Å². The van der Waals surface area contributed by atoms with E-state index in [2.05, 4.69) is 0 Å². The molecule has 0 saturated carbocycles. The number of hydrogen-bond donors (Lipinski definition) is 2. The van der Waals surface area contributed by atoms with Crippen molar-refractivity contribution in [3.05, 3.63) is 0 Å². The summed E-state index contributed by atoms with van der Waals surface area (Å²) in [6, 6.07) is 0. The summed E-state index contributed by atoms with van der Waals surface area (Å²) in [5, 5.41) is 8.46. The fraction of sp³-hybridized carbons (Fsp3) is 1.00. The first-order valence-corrected chi connectivity index (χ1v) is 4.22. The lowest BCUT2D eigenvalue weighted by atomic mass is 10.5. The van der Waals surface area contributed by atoms with Gasteiger partial charge in [0.15, 0.2) is 5.44 Å². The minimum Gasteiger partial charge on any atom is -0.375 e. The van der Waals surface area contributed by atoms with Crippen molar-refractivity contribution in [3.63, 3.8) is 0 Å². The average Bonchev–Trinajstić information content (AvgIpc) is 1.64. The minimum atomic E-state index is -4.29. The third-order valence-electron chi connectivity index (χ3n) is 0.700. The summed E-state index contributed by atoms with van der Waals surface area (Å²) in [6.07, 6.45) is -0.152. The zero-order valence-electron chi connectivity index (χ0n) is 4.49. The van der Waals surface area contributed by atoms with E-state index in [0.29, 0.717) is 0 Å². The lowest BCUT2D eigenvalue weighted by Crippen LogP contribution is -2.19. The molecule has 0 bridgehead atoms. The van der Waals surface area contributed by atoms with Crippen molar-refractivity contribution in [3.8, 4) is 0 Å². The van der Waals surface area contributed by atoms with E-state index in [4.69, 9.17) is 21.3 Å². The highest BCUT2D eigenvalue weighted by Crippen LogP contribution is 2.00. The lowest BCUT2D eigenvalue weighted by molar-refractivity contribution is 0.230. The molecule has 0 heterocycles. The fourth-order valence-corrected chi connectivity index (χ4v) is 0.994. The smallest absolute Gasteiger partial charge is 0.292 e. The van der Waals surface area contributed by atoms with Gasteiger partial charge in [0.25, 0.3) is 10.1 Å². The van der Waals surface area contributed by atoms with E-state index in [1.165, 1.54) is 0 Å². The van der Waals surface area contributed by atoms with Crippen molar-refractivity contribution in [1.29, 1.82) is 0 Å². The van der Waals surface area contributed by atoms with E-state index in [9.17, 15) is 8.42 Å². The Kier molecular flexibility index (Phi) is 3.42. The summed E-state index contributed by atoms with van der Waals surface area (Å²) >= 11 is 5.07. The highest BCUT2D eigenvalue weighted by Gasteiger charge is 2.17. The molecule has 0 fully saturated rings. The highest BCUT2D eigenvalue weighted by atomic mass is 35.5. The van der Waals surface area contributed by atoms with Crippen molar-refractivity contribution >= 4 is 21.7 Å². The number of alkyl halides is 1. The fourth-order valence-electron chi connectivity index (χ4n) is 0.242. The molecule has 1 unspecified atom stereocenters. The maximum atomic E-state index is 9.97. The van der Waals surface area contributed by atoms with Crippen LogP contribution in [0.5, 0.6) is 0 Å². The van der Waals surface area contributed by atoms with Gasteiger partial charge in [-0.05, 0) is 0 Å². The summed E-state index contributed by atoms with van der Waals surface area (Å²) in [5.74, 6) is 0.000949. The second-order valence-electron chi connectivity index (χ2n) is 1.45. The molecule has 56 valence electrons. The lowest BCUT2D eigenvalue weighted by Gasteiger charge is -2.01. The SMILES string of the molecule is O=S(=O)(O)C(O)CCCl. The maximum Gasteiger partial charge on any atom is 0.292 e. The van der Waals surface area contributed by atoms with Gasteiger partial charge < -0.3 is 5.11 Å². The largest absolute Gasteiger partial charge is 0.375 e. The zero-order valence-corrected chi connectivity index (χ0v) is 6.06. The molecule has 0 aliphatic heterocycles. The Labute approximate surface area is 58.2 Å². The monoisotopic (exact) mass is 174 g/mol. The van der Waals surface area contributed by atoms with Crippen LogP contribution in [0.4, 0.5) is 0 Å². The van der Waals surface area contributed by atoms with E-state index < -0.39 is 15.6 Å². The second kappa shape index (κ2) is 3.36. The van der Waals surface area contributed by atoms with Crippen molar-refractivity contribution in [1.82, 2.24) is 0 Å². The Morgan fingerprint density at radius 3 is 2.11 bits per heavy atom. The van der Waals surface area contributed by atoms with Gasteiger partial charge in [-0.3, -0.25) is 4.55 Å². The first-order chi connectivity index (χ1) is 3.98. The number of aliphatic hydroxyl groups excluding tert-OH is 1. The van der Waals surface area contributed by atoms with Crippen molar-refractivity contribution < 1.29 is 18.1 Å². The minimum absolute atomic E-state index is 0.000949. The molecule has 0 aromatic heterocycles. The van der Waals surface area contributed by atoms with Gasteiger partial charge in [0.1, 0.15) is 0 Å². The van der Waals surface area contributed by atoms with Gasteiger partial charge in [-0.25, -0.2) is 0 Å². The summed E-state index contributed by atoms with van der Waals surface area (Å²) in [6.45, 7) is 0. The Morgan fingerprint density at radius 1 is 1.56 bits per heavy atom. The normalized spacial score (nSPS) is 15.4. The van der Waals surface area contributed by atoms with Crippen LogP contribution in [0, 0.1) is 0 Å². The summed E-state index contributed by atoms with van der Waals surface area (Å²) in [7, 11) is -4.29. The van der Waals surface area contributed by atoms with E-state index in [0.717, 1.165) is 0 Å². The molecule has 0 rings (SSSR count). The molecule has 0 saturated heterocycles. The maximum absolute atomic E-state index is 9.97. The third kappa shape index (κ3) is 3.69. The summed E-state index contributed by atoms with van der Waals surface area (Å²) < 4.78 is 28.0. The van der Waals surface area contributed by atoms with Crippen LogP contribution in [-0.4, -0.2) is 29.4 Å². The number of halogens is 1. The van der Waals surface area contributed by atoms with Crippen molar-refractivity contribution in [2.45, 2.75) is 11.9 Å². The molecule has 0 amide bonds. The van der Waals surface area contributed by atoms with Crippen LogP contribution in [0.25, 0.3) is 0 Å². The zero-order chi connectivity index (χ0) is 7.49. The average molecular weight is 175 g/mol. The molecule has 1 atom stereocenters. The van der Waals surface area contributed by atoms with E-state index in [1.54, 1.807) is 0 Å². The van der Waals surface area contributed by atoms with Crippen LogP contribution >= 0.6 is 11.6 Å². The Bertz CT molecular complexity index is 163. The molecule has 9 heavy (non-hydrogen) atoms. The Balaban J connectivity index is 3.90. The van der Waals surface area contributed by atoms with Crippen LogP contribution in [0.3, 0.4) is 0 Å². The molecule has 0 aromatic rings. The molecule has 6 heteroatoms. The van der Waals surface area contributed by atoms with Crippen LogP contribution in [-0.2, 0) is 10.1 Å². The van der Waals surface area contributed by atoms with Gasteiger partial charge in [0, 0.05) is 12.3 Å². The van der Waals surface area contributed by atoms with Gasteiger partial charge in [-0.15, -0.1) is 11.6 Å². The van der Waals surface area contributed by atoms with Gasteiger partial charge >= 0.3 is 0 Å². The standard InChI is InChI=1S/C3H7ClO4S/c4-2-1-3(5)9(6,7)8/h3,5H,1-2H2,(H,6,7,8). The molecule has 0 radical (unpaired) electrons. The molecule has 2 N–H and O–H groups in total. The van der Waals surface area contributed by atoms with Gasteiger partial charge in [-0.2, -0.15) is 8.42 Å². The predicted octanol–water partition coefficient (Wildman–Crippen LogP) is -0.179. The van der Waals surface area contributed by atoms with Crippen LogP contribution in [0.1, 0.15) is 6.42 Å². The second-order valence-corrected chi connectivity index (χ2v) is 3.40. The van der Waals surface area contributed by atoms with Crippen molar-refractivity contribution in [2.24, 2.45) is 0 Å². The van der Waals surface area contributed by atoms with Crippen LogP contribution in [0.15, 0.2) is 0 Å². The number of hydrogen-bond acceptors (Lipinski definition) is 3. The van der Waals surface area contributed by atoms with Crippen molar-refractivity contribution in [2.75, 3.05) is 5.88 Å². The predicted molar refractivity (Wildman–Crippen MR) is 32.9 cm³/mol. The van der Waals surface area contributed by atoms with Gasteiger partial charge in [0.05, 0.1) is 0 Å². The first-order valence-electron chi connectivity index (χ1n) is 2.19. The van der Waals surface area contributed by atoms with Gasteiger partial charge in [-0.1, -0.05) is 0 Å². The summed E-state index contributed by atoms with van der Waals surface area (Å²) in [4.78, 5) is 0.